The average molecular weight is 430 g/mol. The van der Waals surface area contributed by atoms with Gasteiger partial charge in [0.15, 0.2) is 0 Å². The Bertz CT molecular complexity index is 1380. The summed E-state index contributed by atoms with van der Waals surface area (Å²) < 4.78 is 14.9. The van der Waals surface area contributed by atoms with Crippen molar-refractivity contribution in [3.63, 3.8) is 0 Å². The number of hydrogen-bond donors (Lipinski definition) is 2. The number of carbonyl (C=O) groups excluding carboxylic acids is 2. The lowest BCUT2D eigenvalue weighted by Gasteiger charge is -2.13. The van der Waals surface area contributed by atoms with Crippen molar-refractivity contribution < 1.29 is 14.0 Å². The number of carbonyl (C=O) groups is 2. The molecule has 7 nitrogen and oxygen atoms in total. The van der Waals surface area contributed by atoms with E-state index in [0.717, 1.165) is 0 Å². The van der Waals surface area contributed by atoms with E-state index in [9.17, 15) is 18.8 Å². The number of nitrogens with one attached hydrogen (secondary N) is 2. The number of halogens is 1. The summed E-state index contributed by atoms with van der Waals surface area (Å²) in [5.74, 6) is -1.53. The molecule has 0 spiro atoms. The van der Waals surface area contributed by atoms with Gasteiger partial charge in [0.2, 0.25) is 11.3 Å². The maximum absolute atomic E-state index is 13.4. The summed E-state index contributed by atoms with van der Waals surface area (Å²) in [5, 5.41) is 5.51. The van der Waals surface area contributed by atoms with Crippen LogP contribution in [-0.4, -0.2) is 21.4 Å². The quantitative estimate of drug-likeness (QED) is 0.505. The first-order valence-corrected chi connectivity index (χ1v) is 9.83. The molecule has 2 aromatic carbocycles. The zero-order chi connectivity index (χ0) is 22.7. The maximum Gasteiger partial charge on any atom is 0.261 e. The highest BCUT2D eigenvalue weighted by Crippen LogP contribution is 2.14. The van der Waals surface area contributed by atoms with Gasteiger partial charge >= 0.3 is 0 Å². The van der Waals surface area contributed by atoms with Crippen LogP contribution in [0.5, 0.6) is 0 Å². The summed E-state index contributed by atoms with van der Waals surface area (Å²) >= 11 is 0. The number of para-hydroxylation sites is 1. The van der Waals surface area contributed by atoms with Gasteiger partial charge in [-0.3, -0.25) is 14.4 Å². The van der Waals surface area contributed by atoms with Crippen molar-refractivity contribution in [1.29, 1.82) is 0 Å². The topological polar surface area (TPSA) is 93.1 Å². The molecule has 2 aromatic heterocycles. The highest BCUT2D eigenvalue weighted by Gasteiger charge is 2.18. The number of aromatic nitrogens is 2. The van der Waals surface area contributed by atoms with Gasteiger partial charge in [0.25, 0.3) is 5.91 Å². The van der Waals surface area contributed by atoms with Crippen LogP contribution in [-0.2, 0) is 11.3 Å². The van der Waals surface area contributed by atoms with E-state index in [0.29, 0.717) is 17.1 Å². The van der Waals surface area contributed by atoms with Crippen molar-refractivity contribution in [3.05, 3.63) is 100 Å². The molecule has 0 saturated heterocycles. The van der Waals surface area contributed by atoms with E-state index in [1.54, 1.807) is 49.4 Å². The number of hydrogen-bond acceptors (Lipinski definition) is 4. The molecule has 4 aromatic rings. The molecule has 32 heavy (non-hydrogen) atoms. The van der Waals surface area contributed by atoms with Gasteiger partial charge in [-0.25, -0.2) is 9.37 Å². The molecule has 0 aliphatic carbocycles. The van der Waals surface area contributed by atoms with E-state index in [-0.39, 0.29) is 23.1 Å². The molecular weight excluding hydrogens is 411 g/mol. The minimum Gasteiger partial charge on any atom is -0.324 e. The highest BCUT2D eigenvalue weighted by atomic mass is 19.1. The number of rotatable bonds is 5. The van der Waals surface area contributed by atoms with Crippen LogP contribution in [0, 0.1) is 12.7 Å². The van der Waals surface area contributed by atoms with E-state index in [2.05, 4.69) is 15.6 Å². The third-order valence-electron chi connectivity index (χ3n) is 4.76. The van der Waals surface area contributed by atoms with Crippen molar-refractivity contribution in [3.8, 4) is 0 Å². The first kappa shape index (κ1) is 20.9. The standard InChI is InChI=1S/C24H19FN4O3/c1-15-10-11-19-22(31)20(24(32)28-17-7-3-2-4-8-17)13-29(23(19)26-15)14-21(30)27-18-9-5-6-16(25)12-18/h2-13H,14H2,1H3,(H,27,30)(H,28,32). The van der Waals surface area contributed by atoms with Crippen LogP contribution >= 0.6 is 0 Å². The number of amides is 2. The van der Waals surface area contributed by atoms with Gasteiger partial charge in [0, 0.05) is 23.3 Å². The van der Waals surface area contributed by atoms with Crippen molar-refractivity contribution in [1.82, 2.24) is 9.55 Å². The Hall–Kier alpha value is -4.33. The third kappa shape index (κ3) is 4.54. The molecule has 0 aliphatic heterocycles. The van der Waals surface area contributed by atoms with Crippen molar-refractivity contribution in [2.75, 3.05) is 10.6 Å². The number of aryl methyl sites for hydroxylation is 1. The second-order valence-electron chi connectivity index (χ2n) is 7.20. The lowest BCUT2D eigenvalue weighted by Crippen LogP contribution is -2.27. The van der Waals surface area contributed by atoms with Gasteiger partial charge in [0.05, 0.1) is 5.39 Å². The first-order valence-electron chi connectivity index (χ1n) is 9.83. The van der Waals surface area contributed by atoms with E-state index in [1.165, 1.54) is 29.0 Å². The number of benzene rings is 2. The van der Waals surface area contributed by atoms with Crippen LogP contribution in [0.3, 0.4) is 0 Å². The Labute approximate surface area is 182 Å². The van der Waals surface area contributed by atoms with Crippen LogP contribution < -0.4 is 16.1 Å². The van der Waals surface area contributed by atoms with Crippen molar-refractivity contribution in [2.24, 2.45) is 0 Å². The fraction of sp³-hybridized carbons (Fsp3) is 0.0833. The van der Waals surface area contributed by atoms with E-state index < -0.39 is 23.1 Å². The number of fused-ring (bicyclic) bond motifs is 1. The molecule has 0 aliphatic rings. The number of anilines is 2. The molecule has 0 radical (unpaired) electrons. The maximum atomic E-state index is 13.4. The molecule has 0 bridgehead atoms. The number of nitrogens with zero attached hydrogens (tertiary/aromatic N) is 2. The van der Waals surface area contributed by atoms with Gasteiger partial charge < -0.3 is 15.2 Å². The normalized spacial score (nSPS) is 10.7. The van der Waals surface area contributed by atoms with Crippen LogP contribution in [0.2, 0.25) is 0 Å². The molecule has 0 fully saturated rings. The molecule has 0 saturated carbocycles. The van der Waals surface area contributed by atoms with Crippen molar-refractivity contribution in [2.45, 2.75) is 13.5 Å². The Morgan fingerprint density at radius 3 is 2.47 bits per heavy atom. The predicted octanol–water partition coefficient (Wildman–Crippen LogP) is 3.74. The largest absolute Gasteiger partial charge is 0.324 e. The first-order chi connectivity index (χ1) is 15.4. The fourth-order valence-corrected chi connectivity index (χ4v) is 3.28. The Morgan fingerprint density at radius 1 is 0.969 bits per heavy atom. The molecule has 160 valence electrons. The van der Waals surface area contributed by atoms with Crippen LogP contribution in [0.25, 0.3) is 11.0 Å². The van der Waals surface area contributed by atoms with Gasteiger partial charge in [-0.2, -0.15) is 0 Å². The van der Waals surface area contributed by atoms with Crippen LogP contribution in [0.1, 0.15) is 16.1 Å². The zero-order valence-corrected chi connectivity index (χ0v) is 17.1. The van der Waals surface area contributed by atoms with Gasteiger partial charge in [-0.05, 0) is 49.4 Å². The Morgan fingerprint density at radius 2 is 1.72 bits per heavy atom. The van der Waals surface area contributed by atoms with Crippen molar-refractivity contribution >= 4 is 34.2 Å². The summed E-state index contributed by atoms with van der Waals surface area (Å²) in [6.07, 6.45) is 1.32. The lowest BCUT2D eigenvalue weighted by molar-refractivity contribution is -0.116. The van der Waals surface area contributed by atoms with Crippen LogP contribution in [0.15, 0.2) is 77.7 Å². The average Bonchev–Trinajstić information content (AvgIpc) is 2.76. The zero-order valence-electron chi connectivity index (χ0n) is 17.1. The molecule has 2 N–H and O–H groups in total. The summed E-state index contributed by atoms with van der Waals surface area (Å²) in [4.78, 5) is 42.8. The summed E-state index contributed by atoms with van der Waals surface area (Å²) in [5.41, 5.74) is 1.16. The monoisotopic (exact) mass is 430 g/mol. The van der Waals surface area contributed by atoms with E-state index in [1.807, 2.05) is 6.07 Å². The minimum atomic E-state index is -0.594. The molecule has 4 rings (SSSR count). The number of pyridine rings is 2. The summed E-state index contributed by atoms with van der Waals surface area (Å²) in [6.45, 7) is 1.53. The fourth-order valence-electron chi connectivity index (χ4n) is 3.28. The van der Waals surface area contributed by atoms with Crippen LogP contribution in [0.4, 0.5) is 15.8 Å². The summed E-state index contributed by atoms with van der Waals surface area (Å²) in [6, 6.07) is 17.5. The third-order valence-corrected chi connectivity index (χ3v) is 4.76. The van der Waals surface area contributed by atoms with Gasteiger partial charge in [0.1, 0.15) is 23.6 Å². The molecule has 2 heterocycles. The minimum absolute atomic E-state index is 0.120. The molecule has 2 amide bonds. The summed E-state index contributed by atoms with van der Waals surface area (Å²) in [7, 11) is 0. The van der Waals surface area contributed by atoms with E-state index >= 15 is 0 Å². The SMILES string of the molecule is Cc1ccc2c(=O)c(C(=O)Nc3ccccc3)cn(CC(=O)Nc3cccc(F)c3)c2n1. The molecule has 0 unspecified atom stereocenters. The molecular formula is C24H19FN4O3. The molecule has 0 atom stereocenters. The highest BCUT2D eigenvalue weighted by molar-refractivity contribution is 6.05. The Balaban J connectivity index is 1.71. The second kappa shape index (κ2) is 8.81. The second-order valence-corrected chi connectivity index (χ2v) is 7.20. The van der Waals surface area contributed by atoms with Gasteiger partial charge in [-0.15, -0.1) is 0 Å². The lowest BCUT2D eigenvalue weighted by atomic mass is 10.1. The van der Waals surface area contributed by atoms with Gasteiger partial charge in [-0.1, -0.05) is 24.3 Å². The molecule has 8 heteroatoms. The van der Waals surface area contributed by atoms with E-state index in [4.69, 9.17) is 0 Å². The smallest absolute Gasteiger partial charge is 0.261 e. The Kier molecular flexibility index (Phi) is 5.76. The predicted molar refractivity (Wildman–Crippen MR) is 120 cm³/mol.